The summed E-state index contributed by atoms with van der Waals surface area (Å²) in [7, 11) is 0. The fraction of sp³-hybridized carbons (Fsp3) is 0.273. The van der Waals surface area contributed by atoms with Gasteiger partial charge in [0, 0.05) is 23.2 Å². The number of alkyl halides is 1. The van der Waals surface area contributed by atoms with E-state index in [0.29, 0.717) is 13.0 Å². The Morgan fingerprint density at radius 1 is 1.44 bits per heavy atom. The zero-order valence-corrected chi connectivity index (χ0v) is 13.9. The first-order valence-electron chi connectivity index (χ1n) is 5.29. The van der Waals surface area contributed by atoms with Crippen LogP contribution in [0.2, 0.25) is 0 Å². The molecule has 2 aromatic rings. The largest absolute Gasteiger partial charge is 0.287 e. The maximum Gasteiger partial charge on any atom is 0.230 e. The van der Waals surface area contributed by atoms with Crippen molar-refractivity contribution in [3.05, 3.63) is 21.3 Å². The summed E-state index contributed by atoms with van der Waals surface area (Å²) in [5, 5.41) is 2.80. The first kappa shape index (κ1) is 12.8. The zero-order valence-electron chi connectivity index (χ0n) is 9.10. The van der Waals surface area contributed by atoms with Gasteiger partial charge in [-0.2, -0.15) is 0 Å². The molecule has 2 aromatic heterocycles. The fourth-order valence-corrected chi connectivity index (χ4v) is 4.64. The van der Waals surface area contributed by atoms with Crippen molar-refractivity contribution in [2.75, 3.05) is 11.4 Å². The number of thiazole rings is 1. The average molecular weight is 408 g/mol. The predicted molar refractivity (Wildman–Crippen MR) is 82.8 cm³/mol. The Hall–Kier alpha value is -0.240. The summed E-state index contributed by atoms with van der Waals surface area (Å²) in [6.45, 7) is 0.708. The lowest BCUT2D eigenvalue weighted by Gasteiger charge is -2.10. The van der Waals surface area contributed by atoms with Crippen molar-refractivity contribution in [3.8, 4) is 10.6 Å². The molecule has 0 N–H and O–H groups in total. The second kappa shape index (κ2) is 5.03. The molecule has 0 aromatic carbocycles. The lowest BCUT2D eigenvalue weighted by atomic mass is 10.4. The van der Waals surface area contributed by atoms with Crippen LogP contribution < -0.4 is 4.90 Å². The van der Waals surface area contributed by atoms with Crippen LogP contribution in [0.25, 0.3) is 10.6 Å². The van der Waals surface area contributed by atoms with Crippen LogP contribution in [0, 0.1) is 0 Å². The number of nitrogens with zero attached hydrogens (tertiary/aromatic N) is 2. The van der Waals surface area contributed by atoms with Crippen molar-refractivity contribution in [1.82, 2.24) is 4.98 Å². The summed E-state index contributed by atoms with van der Waals surface area (Å²) in [5.41, 5.74) is 0.941. The van der Waals surface area contributed by atoms with E-state index >= 15 is 0 Å². The third-order valence-corrected chi connectivity index (χ3v) is 5.75. The van der Waals surface area contributed by atoms with E-state index in [9.17, 15) is 4.79 Å². The van der Waals surface area contributed by atoms with Gasteiger partial charge in [0.25, 0.3) is 0 Å². The molecule has 1 amide bonds. The average Bonchev–Trinajstić information content (AvgIpc) is 2.98. The van der Waals surface area contributed by atoms with Crippen LogP contribution >= 0.6 is 54.5 Å². The van der Waals surface area contributed by atoms with Crippen LogP contribution in [0.15, 0.2) is 21.3 Å². The number of anilines is 1. The number of rotatable bonds is 2. The van der Waals surface area contributed by atoms with Gasteiger partial charge in [-0.15, -0.1) is 22.7 Å². The molecule has 18 heavy (non-hydrogen) atoms. The molecule has 3 rings (SSSR count). The Kier molecular flexibility index (Phi) is 3.57. The Morgan fingerprint density at radius 3 is 2.89 bits per heavy atom. The van der Waals surface area contributed by atoms with Crippen molar-refractivity contribution in [1.29, 1.82) is 0 Å². The molecule has 0 radical (unpaired) electrons. The van der Waals surface area contributed by atoms with E-state index in [1.165, 1.54) is 11.3 Å². The summed E-state index contributed by atoms with van der Waals surface area (Å²) in [6.07, 6.45) is 0.555. The first-order valence-corrected chi connectivity index (χ1v) is 8.69. The predicted octanol–water partition coefficient (Wildman–Crippen LogP) is 4.13. The number of aromatic nitrogens is 1. The summed E-state index contributed by atoms with van der Waals surface area (Å²) in [4.78, 5) is 19.5. The number of amides is 1. The van der Waals surface area contributed by atoms with Crippen molar-refractivity contribution in [3.63, 3.8) is 0 Å². The van der Waals surface area contributed by atoms with Gasteiger partial charge < -0.3 is 0 Å². The zero-order chi connectivity index (χ0) is 12.7. The summed E-state index contributed by atoms with van der Waals surface area (Å²) in [5.74, 6) is 0.144. The van der Waals surface area contributed by atoms with Gasteiger partial charge >= 0.3 is 0 Å². The quantitative estimate of drug-likeness (QED) is 0.701. The van der Waals surface area contributed by atoms with Crippen LogP contribution in [0.3, 0.4) is 0 Å². The van der Waals surface area contributed by atoms with Crippen molar-refractivity contribution >= 4 is 65.6 Å². The molecule has 0 bridgehead atoms. The summed E-state index contributed by atoms with van der Waals surface area (Å²) >= 11 is 10.1. The van der Waals surface area contributed by atoms with Gasteiger partial charge in [-0.25, -0.2) is 4.98 Å². The molecule has 3 nitrogen and oxygen atoms in total. The fourth-order valence-electron chi connectivity index (χ4n) is 1.80. The third kappa shape index (κ3) is 2.41. The highest BCUT2D eigenvalue weighted by molar-refractivity contribution is 9.11. The van der Waals surface area contributed by atoms with Gasteiger partial charge in [-0.05, 0) is 28.1 Å². The molecule has 7 heteroatoms. The van der Waals surface area contributed by atoms with Gasteiger partial charge in [0.05, 0.1) is 14.4 Å². The molecular formula is C11H8Br2N2OS2. The van der Waals surface area contributed by atoms with Crippen molar-refractivity contribution in [2.45, 2.75) is 11.2 Å². The van der Waals surface area contributed by atoms with Gasteiger partial charge in [0.1, 0.15) is 0 Å². The molecule has 1 atom stereocenters. The Labute approximate surface area is 129 Å². The molecule has 1 fully saturated rings. The minimum absolute atomic E-state index is 0.144. The molecule has 3 heterocycles. The number of carbonyl (C=O) groups excluding carboxylic acids is 1. The maximum atomic E-state index is 11.8. The van der Waals surface area contributed by atoms with Gasteiger partial charge in [0.2, 0.25) is 5.91 Å². The molecule has 94 valence electrons. The summed E-state index contributed by atoms with van der Waals surface area (Å²) < 4.78 is 1.09. The smallest absolute Gasteiger partial charge is 0.230 e. The summed E-state index contributed by atoms with van der Waals surface area (Å²) in [6, 6.07) is 4.04. The molecule has 0 saturated carbocycles. The van der Waals surface area contributed by atoms with E-state index in [1.54, 1.807) is 16.2 Å². The lowest BCUT2D eigenvalue weighted by molar-refractivity contribution is -0.117. The monoisotopic (exact) mass is 406 g/mol. The molecule has 0 aliphatic carbocycles. The number of halogens is 2. The molecule has 0 spiro atoms. The maximum absolute atomic E-state index is 11.8. The van der Waals surface area contributed by atoms with Gasteiger partial charge in [0.15, 0.2) is 5.13 Å². The van der Waals surface area contributed by atoms with Crippen LogP contribution in [-0.2, 0) is 4.79 Å². The lowest BCUT2D eigenvalue weighted by Crippen LogP contribution is -2.24. The second-order valence-electron chi connectivity index (χ2n) is 3.92. The molecule has 1 aliphatic rings. The third-order valence-electron chi connectivity index (χ3n) is 2.63. The van der Waals surface area contributed by atoms with E-state index in [0.717, 1.165) is 19.5 Å². The number of hydrogen-bond donors (Lipinski definition) is 0. The number of carbonyl (C=O) groups is 1. The Morgan fingerprint density at radius 2 is 2.28 bits per heavy atom. The normalized spacial score (nSPS) is 19.8. The van der Waals surface area contributed by atoms with E-state index < -0.39 is 0 Å². The van der Waals surface area contributed by atoms with E-state index in [2.05, 4.69) is 36.8 Å². The minimum Gasteiger partial charge on any atom is -0.287 e. The van der Waals surface area contributed by atoms with Gasteiger partial charge in [-0.1, -0.05) is 15.9 Å². The SMILES string of the molecule is O=C1CC(Br)CN1c1nc(-c2ccc(Br)s2)cs1. The molecular weight excluding hydrogens is 400 g/mol. The highest BCUT2D eigenvalue weighted by Crippen LogP contribution is 2.35. The molecule has 1 aliphatic heterocycles. The topological polar surface area (TPSA) is 33.2 Å². The van der Waals surface area contributed by atoms with E-state index in [4.69, 9.17) is 0 Å². The standard InChI is InChI=1S/C11H8Br2N2OS2/c12-6-3-10(16)15(4-6)11-14-7(5-17-11)8-1-2-9(13)18-8/h1-2,5-6H,3-4H2. The van der Waals surface area contributed by atoms with Crippen LogP contribution in [0.5, 0.6) is 0 Å². The second-order valence-corrected chi connectivity index (χ2v) is 8.52. The minimum atomic E-state index is 0.144. The van der Waals surface area contributed by atoms with Crippen LogP contribution in [0.1, 0.15) is 6.42 Å². The molecule has 1 unspecified atom stereocenters. The van der Waals surface area contributed by atoms with Crippen molar-refractivity contribution < 1.29 is 4.79 Å². The van der Waals surface area contributed by atoms with Crippen LogP contribution in [0.4, 0.5) is 5.13 Å². The first-order chi connectivity index (χ1) is 8.63. The highest BCUT2D eigenvalue weighted by atomic mass is 79.9. The molecule has 1 saturated heterocycles. The highest BCUT2D eigenvalue weighted by Gasteiger charge is 2.30. The van der Waals surface area contributed by atoms with Crippen molar-refractivity contribution in [2.24, 2.45) is 0 Å². The Bertz CT molecular complexity index is 595. The number of hydrogen-bond acceptors (Lipinski definition) is 4. The Balaban J connectivity index is 1.88. The van der Waals surface area contributed by atoms with E-state index in [1.807, 2.05) is 17.5 Å². The number of thiophene rings is 1. The van der Waals surface area contributed by atoms with Gasteiger partial charge in [-0.3, -0.25) is 9.69 Å². The van der Waals surface area contributed by atoms with Crippen LogP contribution in [-0.4, -0.2) is 22.3 Å². The van der Waals surface area contributed by atoms with E-state index in [-0.39, 0.29) is 10.7 Å².